The Bertz CT molecular complexity index is 2630. The molecule has 0 N–H and O–H groups in total. The van der Waals surface area contributed by atoms with E-state index in [1.807, 2.05) is 36.4 Å². The quantitative estimate of drug-likeness (QED) is 0.214. The highest BCUT2D eigenvalue weighted by atomic mass is 16.3. The minimum absolute atomic E-state index is 0.868. The van der Waals surface area contributed by atoms with E-state index < -0.39 is 0 Å². The maximum Gasteiger partial charge on any atom is 0.143 e. The van der Waals surface area contributed by atoms with Crippen LogP contribution in [0.5, 0.6) is 0 Å². The van der Waals surface area contributed by atoms with Gasteiger partial charge in [-0.25, -0.2) is 0 Å². The molecule has 0 amide bonds. The number of nitrogens with zero attached hydrogens (tertiary/aromatic N) is 1. The summed E-state index contributed by atoms with van der Waals surface area (Å²) in [5, 5.41) is 8.72. The van der Waals surface area contributed by atoms with Crippen molar-refractivity contribution in [2.24, 2.45) is 0 Å². The summed E-state index contributed by atoms with van der Waals surface area (Å²) in [5.74, 6) is 0. The van der Waals surface area contributed by atoms with Gasteiger partial charge in [0.15, 0.2) is 0 Å². The number of rotatable bonds is 3. The van der Waals surface area contributed by atoms with Crippen molar-refractivity contribution < 1.29 is 13.3 Å². The van der Waals surface area contributed by atoms with Crippen LogP contribution in [0.1, 0.15) is 0 Å². The first-order chi connectivity index (χ1) is 21.8. The first-order valence-corrected chi connectivity index (χ1v) is 14.8. The SMILES string of the molecule is c1ccc2c(c1)oc1ccc(N(c3ccc4oc5ccccc5c4c3)c3cc4c5ccccc5oc4c4ccccc34)cc12. The fourth-order valence-electron chi connectivity index (χ4n) is 6.85. The maximum atomic E-state index is 6.46. The second kappa shape index (κ2) is 8.76. The molecule has 0 aliphatic carbocycles. The molecule has 0 aliphatic rings. The van der Waals surface area contributed by atoms with E-state index in [4.69, 9.17) is 13.3 Å². The van der Waals surface area contributed by atoms with Gasteiger partial charge in [0.2, 0.25) is 0 Å². The highest BCUT2D eigenvalue weighted by molar-refractivity contribution is 6.20. The van der Waals surface area contributed by atoms with Crippen LogP contribution >= 0.6 is 0 Å². The van der Waals surface area contributed by atoms with Crippen LogP contribution in [0.2, 0.25) is 0 Å². The zero-order valence-corrected chi connectivity index (χ0v) is 23.5. The molecule has 10 rings (SSSR count). The number of para-hydroxylation sites is 3. The third-order valence-corrected chi connectivity index (χ3v) is 8.84. The van der Waals surface area contributed by atoms with Crippen LogP contribution in [-0.4, -0.2) is 0 Å². The van der Waals surface area contributed by atoms with E-state index in [0.29, 0.717) is 0 Å². The maximum absolute atomic E-state index is 6.46. The van der Waals surface area contributed by atoms with Crippen LogP contribution < -0.4 is 4.90 Å². The third kappa shape index (κ3) is 3.28. The van der Waals surface area contributed by atoms with Gasteiger partial charge in [-0.15, -0.1) is 0 Å². The van der Waals surface area contributed by atoms with E-state index in [-0.39, 0.29) is 0 Å². The molecule has 3 heterocycles. The predicted octanol–water partition coefficient (Wildman–Crippen LogP) is 12.0. The Hall–Kier alpha value is -6.00. The van der Waals surface area contributed by atoms with Gasteiger partial charge in [0, 0.05) is 54.5 Å². The summed E-state index contributed by atoms with van der Waals surface area (Å²) in [7, 11) is 0. The van der Waals surface area contributed by atoms with Gasteiger partial charge in [-0.05, 0) is 60.7 Å². The average Bonchev–Trinajstić information content (AvgIpc) is 3.76. The van der Waals surface area contributed by atoms with Crippen molar-refractivity contribution in [2.45, 2.75) is 0 Å². The normalized spacial score (nSPS) is 12.1. The lowest BCUT2D eigenvalue weighted by Gasteiger charge is -2.27. The molecular formula is C40H23NO3. The van der Waals surface area contributed by atoms with Gasteiger partial charge in [-0.1, -0.05) is 78.9 Å². The second-order valence-electron chi connectivity index (χ2n) is 11.3. The van der Waals surface area contributed by atoms with E-state index in [1.165, 1.54) is 0 Å². The molecular weight excluding hydrogens is 542 g/mol. The summed E-state index contributed by atoms with van der Waals surface area (Å²) in [6.45, 7) is 0. The molecule has 0 aliphatic heterocycles. The lowest BCUT2D eigenvalue weighted by Crippen LogP contribution is -2.10. The van der Waals surface area contributed by atoms with Gasteiger partial charge >= 0.3 is 0 Å². The van der Waals surface area contributed by atoms with Gasteiger partial charge < -0.3 is 18.2 Å². The molecule has 0 unspecified atom stereocenters. The van der Waals surface area contributed by atoms with Gasteiger partial charge in [0.25, 0.3) is 0 Å². The Morgan fingerprint density at radius 1 is 0.318 bits per heavy atom. The summed E-state index contributed by atoms with van der Waals surface area (Å²) < 4.78 is 18.9. The summed E-state index contributed by atoms with van der Waals surface area (Å²) in [5.41, 5.74) is 8.43. The zero-order valence-electron chi connectivity index (χ0n) is 23.5. The smallest absolute Gasteiger partial charge is 0.143 e. The predicted molar refractivity (Wildman–Crippen MR) is 180 cm³/mol. The van der Waals surface area contributed by atoms with Crippen LogP contribution in [0.3, 0.4) is 0 Å². The van der Waals surface area contributed by atoms with Gasteiger partial charge in [-0.2, -0.15) is 0 Å². The van der Waals surface area contributed by atoms with Gasteiger partial charge in [0.1, 0.15) is 33.5 Å². The monoisotopic (exact) mass is 565 g/mol. The molecule has 0 atom stereocenters. The average molecular weight is 566 g/mol. The Balaban J connectivity index is 1.32. The zero-order chi connectivity index (χ0) is 28.8. The van der Waals surface area contributed by atoms with Gasteiger partial charge in [-0.3, -0.25) is 0 Å². The number of fused-ring (bicyclic) bond motifs is 11. The molecule has 7 aromatic carbocycles. The summed E-state index contributed by atoms with van der Waals surface area (Å²) >= 11 is 0. The Morgan fingerprint density at radius 3 is 1.32 bits per heavy atom. The highest BCUT2D eigenvalue weighted by Gasteiger charge is 2.22. The van der Waals surface area contributed by atoms with E-state index in [2.05, 4.69) is 108 Å². The molecule has 0 saturated heterocycles. The lowest BCUT2D eigenvalue weighted by atomic mass is 10.0. The second-order valence-corrected chi connectivity index (χ2v) is 11.3. The molecule has 0 bridgehead atoms. The molecule has 0 saturated carbocycles. The number of benzene rings is 7. The molecule has 4 nitrogen and oxygen atoms in total. The first kappa shape index (κ1) is 23.6. The summed E-state index contributed by atoms with van der Waals surface area (Å²) in [4.78, 5) is 2.35. The highest BCUT2D eigenvalue weighted by Crippen LogP contribution is 2.46. The molecule has 3 aromatic heterocycles. The third-order valence-electron chi connectivity index (χ3n) is 8.84. The summed E-state index contributed by atoms with van der Waals surface area (Å²) in [6, 6.07) is 48.4. The van der Waals surface area contributed by atoms with Crippen molar-refractivity contribution in [3.63, 3.8) is 0 Å². The van der Waals surface area contributed by atoms with Crippen LogP contribution in [0, 0.1) is 0 Å². The first-order valence-electron chi connectivity index (χ1n) is 14.8. The van der Waals surface area contributed by atoms with Crippen molar-refractivity contribution in [2.75, 3.05) is 4.90 Å². The molecule has 0 radical (unpaired) electrons. The topological polar surface area (TPSA) is 42.7 Å². The number of anilines is 3. The molecule has 206 valence electrons. The standard InChI is InChI=1S/C40H23NO3/c1-2-13-30-26(9-1)34(23-33-29-12-5-8-16-37(29)44-40(30)33)41(24-17-19-38-31(21-24)27-10-3-6-14-35(27)42-38)25-18-20-39-32(22-25)28-11-4-7-15-36(28)43-39/h1-23H. The number of hydrogen-bond acceptors (Lipinski definition) is 4. The summed E-state index contributed by atoms with van der Waals surface area (Å²) in [6.07, 6.45) is 0. The Morgan fingerprint density at radius 2 is 0.750 bits per heavy atom. The van der Waals surface area contributed by atoms with Crippen LogP contribution in [0.15, 0.2) is 153 Å². The van der Waals surface area contributed by atoms with E-state index in [9.17, 15) is 0 Å². The van der Waals surface area contributed by atoms with Crippen molar-refractivity contribution in [3.05, 3.63) is 140 Å². The Kier molecular flexibility index (Phi) is 4.69. The Labute approximate surface area is 250 Å². The van der Waals surface area contributed by atoms with E-state index >= 15 is 0 Å². The fraction of sp³-hybridized carbons (Fsp3) is 0. The molecule has 0 fully saturated rings. The van der Waals surface area contributed by atoms with Crippen LogP contribution in [0.4, 0.5) is 17.1 Å². The fourth-order valence-corrected chi connectivity index (χ4v) is 6.85. The van der Waals surface area contributed by atoms with Crippen molar-refractivity contribution in [1.82, 2.24) is 0 Å². The van der Waals surface area contributed by atoms with Crippen molar-refractivity contribution in [1.29, 1.82) is 0 Å². The molecule has 10 aromatic rings. The van der Waals surface area contributed by atoms with Crippen LogP contribution in [-0.2, 0) is 0 Å². The number of hydrogen-bond donors (Lipinski definition) is 0. The number of furan rings is 3. The largest absolute Gasteiger partial charge is 0.456 e. The molecule has 0 spiro atoms. The minimum Gasteiger partial charge on any atom is -0.456 e. The van der Waals surface area contributed by atoms with E-state index in [0.717, 1.165) is 93.7 Å². The van der Waals surface area contributed by atoms with Crippen molar-refractivity contribution >= 4 is 93.7 Å². The van der Waals surface area contributed by atoms with Crippen molar-refractivity contribution in [3.8, 4) is 0 Å². The minimum atomic E-state index is 0.868. The van der Waals surface area contributed by atoms with E-state index in [1.54, 1.807) is 0 Å². The molecule has 44 heavy (non-hydrogen) atoms. The van der Waals surface area contributed by atoms with Gasteiger partial charge in [0.05, 0.1) is 5.69 Å². The van der Waals surface area contributed by atoms with Crippen LogP contribution in [0.25, 0.3) is 76.6 Å². The lowest BCUT2D eigenvalue weighted by molar-refractivity contribution is 0.668. The molecule has 4 heteroatoms.